The Morgan fingerprint density at radius 1 is 0.923 bits per heavy atom. The first-order valence-corrected chi connectivity index (χ1v) is 12.4. The monoisotopic (exact) mass is 533 g/mol. The summed E-state index contributed by atoms with van der Waals surface area (Å²) in [6.07, 6.45) is -4.29. The minimum absolute atomic E-state index is 0.134. The van der Waals surface area contributed by atoms with Crippen LogP contribution in [0.5, 0.6) is 5.75 Å². The Labute approximate surface area is 222 Å². The van der Waals surface area contributed by atoms with Crippen LogP contribution >= 0.6 is 0 Å². The molecule has 2 heterocycles. The molecular formula is C30H26F3N3O3. The maximum atomic E-state index is 13.0. The van der Waals surface area contributed by atoms with Gasteiger partial charge in [0.2, 0.25) is 0 Å². The predicted octanol–water partition coefficient (Wildman–Crippen LogP) is 6.88. The molecule has 0 bridgehead atoms. The van der Waals surface area contributed by atoms with Crippen LogP contribution < -0.4 is 4.74 Å². The van der Waals surface area contributed by atoms with Gasteiger partial charge in [-0.1, -0.05) is 36.4 Å². The van der Waals surface area contributed by atoms with E-state index < -0.39 is 23.1 Å². The number of carboxylic acids is 1. The number of aliphatic carboxylic acids is 1. The van der Waals surface area contributed by atoms with Crippen molar-refractivity contribution in [2.75, 3.05) is 0 Å². The first kappa shape index (κ1) is 26.2. The molecule has 0 spiro atoms. The number of hydrogen-bond acceptors (Lipinski definition) is 4. The van der Waals surface area contributed by atoms with Gasteiger partial charge in [0.05, 0.1) is 33.2 Å². The quantitative estimate of drug-likeness (QED) is 0.235. The number of alkyl halides is 3. The standard InChI is InChI=1S/C30H26F3N3O3/c1-29(2,28(37)38)16-27-35-25-15-23(39-18-22-12-9-20-5-3-4-6-24(20)34-22)13-14-26(25)36(27)17-19-7-10-21(11-8-19)30(31,32)33/h3-15H,16-18H2,1-2H3,(H,37,38). The SMILES string of the molecule is CC(C)(Cc1nc2cc(OCc3ccc4ccccc4n3)ccc2n1Cc1ccc(C(F)(F)F)cc1)C(=O)O. The molecule has 0 saturated carbocycles. The molecule has 0 saturated heterocycles. The summed E-state index contributed by atoms with van der Waals surface area (Å²) in [6.45, 7) is 3.72. The van der Waals surface area contributed by atoms with Crippen molar-refractivity contribution < 1.29 is 27.8 Å². The first-order valence-electron chi connectivity index (χ1n) is 12.4. The summed E-state index contributed by atoms with van der Waals surface area (Å²) in [4.78, 5) is 21.2. The summed E-state index contributed by atoms with van der Waals surface area (Å²) in [6, 6.07) is 22.0. The molecule has 5 aromatic rings. The molecule has 1 N–H and O–H groups in total. The van der Waals surface area contributed by atoms with Gasteiger partial charge in [0, 0.05) is 24.4 Å². The highest BCUT2D eigenvalue weighted by Gasteiger charge is 2.31. The van der Waals surface area contributed by atoms with Crippen LogP contribution in [0.2, 0.25) is 0 Å². The summed E-state index contributed by atoms with van der Waals surface area (Å²) in [5.41, 5.74) is 1.79. The molecule has 200 valence electrons. The lowest BCUT2D eigenvalue weighted by molar-refractivity contribution is -0.147. The number of ether oxygens (including phenoxy) is 1. The van der Waals surface area contributed by atoms with Crippen molar-refractivity contribution in [3.05, 3.63) is 102 Å². The van der Waals surface area contributed by atoms with Gasteiger partial charge >= 0.3 is 12.1 Å². The third kappa shape index (κ3) is 5.72. The van der Waals surface area contributed by atoms with Crippen LogP contribution in [0.1, 0.15) is 36.5 Å². The van der Waals surface area contributed by atoms with Gasteiger partial charge in [0.15, 0.2) is 0 Å². The number of nitrogens with zero attached hydrogens (tertiary/aromatic N) is 3. The predicted molar refractivity (Wildman–Crippen MR) is 141 cm³/mol. The number of hydrogen-bond donors (Lipinski definition) is 1. The third-order valence-corrected chi connectivity index (χ3v) is 6.64. The van der Waals surface area contributed by atoms with Gasteiger partial charge in [-0.3, -0.25) is 4.79 Å². The van der Waals surface area contributed by atoms with E-state index in [9.17, 15) is 23.1 Å². The summed E-state index contributed by atoms with van der Waals surface area (Å²) in [7, 11) is 0. The van der Waals surface area contributed by atoms with Crippen molar-refractivity contribution in [2.24, 2.45) is 5.41 Å². The van der Waals surface area contributed by atoms with Crippen LogP contribution in [-0.4, -0.2) is 25.6 Å². The Hall–Kier alpha value is -4.40. The number of carboxylic acid groups (broad SMARTS) is 1. The Morgan fingerprint density at radius 2 is 1.67 bits per heavy atom. The number of carbonyl (C=O) groups is 1. The van der Waals surface area contributed by atoms with Gasteiger partial charge in [0.25, 0.3) is 0 Å². The molecular weight excluding hydrogens is 507 g/mol. The van der Waals surface area contributed by atoms with E-state index >= 15 is 0 Å². The second-order valence-corrected chi connectivity index (χ2v) is 10.1. The molecule has 9 heteroatoms. The molecule has 3 aromatic carbocycles. The van der Waals surface area contributed by atoms with Crippen LogP contribution in [-0.2, 0) is 30.5 Å². The topological polar surface area (TPSA) is 77.2 Å². The van der Waals surface area contributed by atoms with Crippen LogP contribution in [0.3, 0.4) is 0 Å². The van der Waals surface area contributed by atoms with E-state index in [1.54, 1.807) is 26.0 Å². The third-order valence-electron chi connectivity index (χ3n) is 6.64. The lowest BCUT2D eigenvalue weighted by Crippen LogP contribution is -2.27. The second kappa shape index (κ2) is 10.1. The summed E-state index contributed by atoms with van der Waals surface area (Å²) in [5.74, 6) is 0.119. The summed E-state index contributed by atoms with van der Waals surface area (Å²) < 4.78 is 46.9. The van der Waals surface area contributed by atoms with Crippen molar-refractivity contribution in [3.8, 4) is 5.75 Å². The Kier molecular flexibility index (Phi) is 6.76. The maximum Gasteiger partial charge on any atom is 0.416 e. The fraction of sp³-hybridized carbons (Fsp3) is 0.233. The average molecular weight is 534 g/mol. The number of halogens is 3. The summed E-state index contributed by atoms with van der Waals surface area (Å²) >= 11 is 0. The molecule has 0 atom stereocenters. The fourth-order valence-corrected chi connectivity index (χ4v) is 4.36. The van der Waals surface area contributed by atoms with E-state index in [0.717, 1.165) is 34.2 Å². The fourth-order valence-electron chi connectivity index (χ4n) is 4.36. The zero-order valence-corrected chi connectivity index (χ0v) is 21.4. The highest BCUT2D eigenvalue weighted by molar-refractivity contribution is 5.79. The van der Waals surface area contributed by atoms with E-state index in [0.29, 0.717) is 22.7 Å². The Bertz CT molecular complexity index is 1660. The maximum absolute atomic E-state index is 13.0. The lowest BCUT2D eigenvalue weighted by atomic mass is 9.89. The molecule has 0 aliphatic rings. The number of para-hydroxylation sites is 1. The van der Waals surface area contributed by atoms with E-state index in [1.165, 1.54) is 12.1 Å². The van der Waals surface area contributed by atoms with Crippen molar-refractivity contribution in [2.45, 2.75) is 39.6 Å². The first-order chi connectivity index (χ1) is 18.5. The normalized spacial score (nSPS) is 12.2. The Morgan fingerprint density at radius 3 is 2.38 bits per heavy atom. The molecule has 0 radical (unpaired) electrons. The van der Waals surface area contributed by atoms with E-state index in [1.807, 2.05) is 47.0 Å². The number of fused-ring (bicyclic) bond motifs is 2. The average Bonchev–Trinajstić information content (AvgIpc) is 3.22. The second-order valence-electron chi connectivity index (χ2n) is 10.1. The molecule has 0 fully saturated rings. The molecule has 2 aromatic heterocycles. The van der Waals surface area contributed by atoms with Crippen LogP contribution in [0.15, 0.2) is 78.9 Å². The van der Waals surface area contributed by atoms with Crippen molar-refractivity contribution in [1.82, 2.24) is 14.5 Å². The molecule has 6 nitrogen and oxygen atoms in total. The number of rotatable bonds is 8. The Balaban J connectivity index is 1.44. The van der Waals surface area contributed by atoms with Crippen LogP contribution in [0.25, 0.3) is 21.9 Å². The zero-order valence-electron chi connectivity index (χ0n) is 21.4. The molecule has 0 amide bonds. The molecule has 0 unspecified atom stereocenters. The molecule has 0 aliphatic heterocycles. The van der Waals surface area contributed by atoms with Crippen LogP contribution in [0, 0.1) is 5.41 Å². The number of aromatic nitrogens is 3. The van der Waals surface area contributed by atoms with E-state index in [2.05, 4.69) is 4.98 Å². The van der Waals surface area contributed by atoms with E-state index in [-0.39, 0.29) is 19.6 Å². The smallest absolute Gasteiger partial charge is 0.416 e. The minimum atomic E-state index is -4.42. The van der Waals surface area contributed by atoms with Gasteiger partial charge in [-0.25, -0.2) is 9.97 Å². The van der Waals surface area contributed by atoms with Gasteiger partial charge in [-0.05, 0) is 55.8 Å². The number of benzene rings is 3. The highest BCUT2D eigenvalue weighted by atomic mass is 19.4. The van der Waals surface area contributed by atoms with Crippen LogP contribution in [0.4, 0.5) is 13.2 Å². The highest BCUT2D eigenvalue weighted by Crippen LogP contribution is 2.31. The minimum Gasteiger partial charge on any atom is -0.487 e. The summed E-state index contributed by atoms with van der Waals surface area (Å²) in [5, 5.41) is 10.7. The largest absolute Gasteiger partial charge is 0.487 e. The van der Waals surface area contributed by atoms with Gasteiger partial charge in [-0.15, -0.1) is 0 Å². The van der Waals surface area contributed by atoms with Gasteiger partial charge < -0.3 is 14.4 Å². The molecule has 5 rings (SSSR count). The van der Waals surface area contributed by atoms with E-state index in [4.69, 9.17) is 9.72 Å². The zero-order chi connectivity index (χ0) is 27.8. The lowest BCUT2D eigenvalue weighted by Gasteiger charge is -2.19. The molecule has 39 heavy (non-hydrogen) atoms. The van der Waals surface area contributed by atoms with Crippen molar-refractivity contribution in [1.29, 1.82) is 0 Å². The molecule has 0 aliphatic carbocycles. The number of pyridine rings is 1. The number of imidazole rings is 1. The van der Waals surface area contributed by atoms with Gasteiger partial charge in [-0.2, -0.15) is 13.2 Å². The van der Waals surface area contributed by atoms with Crippen molar-refractivity contribution in [3.63, 3.8) is 0 Å². The van der Waals surface area contributed by atoms with Crippen molar-refractivity contribution >= 4 is 27.9 Å². The van der Waals surface area contributed by atoms with Gasteiger partial charge in [0.1, 0.15) is 18.2 Å².